The summed E-state index contributed by atoms with van der Waals surface area (Å²) in [6, 6.07) is 2.09. The fourth-order valence-electron chi connectivity index (χ4n) is 2.24. The number of nitrogens with zero attached hydrogens (tertiary/aromatic N) is 1. The maximum absolute atomic E-state index is 13.9. The van der Waals surface area contributed by atoms with Gasteiger partial charge in [-0.1, -0.05) is 6.92 Å². The molecule has 0 bridgehead atoms. The van der Waals surface area contributed by atoms with Crippen LogP contribution in [0.1, 0.15) is 25.0 Å². The van der Waals surface area contributed by atoms with Gasteiger partial charge in [0, 0.05) is 25.3 Å². The van der Waals surface area contributed by atoms with Crippen LogP contribution in [0, 0.1) is 12.7 Å². The van der Waals surface area contributed by atoms with E-state index in [9.17, 15) is 12.8 Å². The van der Waals surface area contributed by atoms with E-state index in [0.29, 0.717) is 0 Å². The van der Waals surface area contributed by atoms with Crippen LogP contribution < -0.4 is 0 Å². The minimum Gasteiger partial charge on any atom is -0.392 e. The Morgan fingerprint density at radius 2 is 2.05 bits per heavy atom. The third-order valence-corrected chi connectivity index (χ3v) is 5.55. The number of benzene rings is 1. The highest BCUT2D eigenvalue weighted by Crippen LogP contribution is 2.25. The topological polar surface area (TPSA) is 66.8 Å². The molecular weight excluding hydrogens is 297 g/mol. The van der Waals surface area contributed by atoms with Gasteiger partial charge in [-0.15, -0.1) is 0 Å². The Bertz CT molecular complexity index is 589. The van der Waals surface area contributed by atoms with Gasteiger partial charge in [0.1, 0.15) is 5.82 Å². The first kappa shape index (κ1) is 18.0. The van der Waals surface area contributed by atoms with Crippen LogP contribution in [-0.2, 0) is 21.4 Å². The van der Waals surface area contributed by atoms with Crippen molar-refractivity contribution in [3.05, 3.63) is 29.1 Å². The lowest BCUT2D eigenvalue weighted by Crippen LogP contribution is -2.41. The number of sulfonamides is 1. The van der Waals surface area contributed by atoms with Crippen LogP contribution in [0.25, 0.3) is 0 Å². The molecule has 120 valence electrons. The Hall–Kier alpha value is -1.02. The van der Waals surface area contributed by atoms with Crippen molar-refractivity contribution in [3.63, 3.8) is 0 Å². The van der Waals surface area contributed by atoms with E-state index in [1.165, 1.54) is 24.4 Å². The van der Waals surface area contributed by atoms with Crippen molar-refractivity contribution in [1.29, 1.82) is 0 Å². The summed E-state index contributed by atoms with van der Waals surface area (Å²) in [5.41, 5.74) is 0.280. The van der Waals surface area contributed by atoms with Gasteiger partial charge in [0.05, 0.1) is 18.1 Å². The van der Waals surface area contributed by atoms with Crippen molar-refractivity contribution in [3.8, 4) is 0 Å². The molecule has 0 saturated carbocycles. The molecule has 1 unspecified atom stereocenters. The van der Waals surface area contributed by atoms with Crippen molar-refractivity contribution in [2.24, 2.45) is 0 Å². The molecule has 0 heterocycles. The van der Waals surface area contributed by atoms with Gasteiger partial charge in [-0.3, -0.25) is 0 Å². The van der Waals surface area contributed by atoms with Crippen LogP contribution in [0.15, 0.2) is 17.0 Å². The molecule has 0 spiro atoms. The molecule has 1 rings (SSSR count). The van der Waals surface area contributed by atoms with Gasteiger partial charge in [0.15, 0.2) is 0 Å². The minimum atomic E-state index is -3.86. The molecule has 7 heteroatoms. The van der Waals surface area contributed by atoms with E-state index in [2.05, 4.69) is 0 Å². The van der Waals surface area contributed by atoms with Gasteiger partial charge in [-0.25, -0.2) is 12.8 Å². The normalized spacial score (nSPS) is 13.7. The van der Waals surface area contributed by atoms with Crippen molar-refractivity contribution >= 4 is 10.0 Å². The third-order valence-electron chi connectivity index (χ3n) is 3.34. The fourth-order valence-corrected chi connectivity index (χ4v) is 4.15. The zero-order valence-electron chi connectivity index (χ0n) is 12.8. The van der Waals surface area contributed by atoms with Crippen molar-refractivity contribution in [2.45, 2.75) is 38.3 Å². The summed E-state index contributed by atoms with van der Waals surface area (Å²) in [4.78, 5) is -0.114. The first-order valence-electron chi connectivity index (χ1n) is 6.70. The summed E-state index contributed by atoms with van der Waals surface area (Å²) in [6.07, 6.45) is 0. The summed E-state index contributed by atoms with van der Waals surface area (Å²) in [6.45, 7) is 4.93. The van der Waals surface area contributed by atoms with Crippen LogP contribution in [-0.4, -0.2) is 44.1 Å². The predicted octanol–water partition coefficient (Wildman–Crippen LogP) is 1.67. The molecule has 1 atom stereocenters. The number of ether oxygens (including phenoxy) is 1. The number of aliphatic hydroxyl groups excluding tert-OH is 1. The van der Waals surface area contributed by atoms with Crippen molar-refractivity contribution in [2.75, 3.05) is 20.3 Å². The molecule has 21 heavy (non-hydrogen) atoms. The van der Waals surface area contributed by atoms with E-state index in [4.69, 9.17) is 9.84 Å². The highest BCUT2D eigenvalue weighted by molar-refractivity contribution is 7.89. The maximum atomic E-state index is 13.9. The second-order valence-corrected chi connectivity index (χ2v) is 6.73. The molecule has 0 aliphatic rings. The number of hydrogen-bond donors (Lipinski definition) is 1. The van der Waals surface area contributed by atoms with Crippen molar-refractivity contribution < 1.29 is 22.7 Å². The third kappa shape index (κ3) is 3.79. The van der Waals surface area contributed by atoms with Crippen LogP contribution in [0.3, 0.4) is 0 Å². The average Bonchev–Trinajstić information content (AvgIpc) is 2.42. The van der Waals surface area contributed by atoms with E-state index < -0.39 is 22.4 Å². The van der Waals surface area contributed by atoms with E-state index in [0.717, 1.165) is 6.07 Å². The van der Waals surface area contributed by atoms with Gasteiger partial charge in [0.25, 0.3) is 0 Å². The molecule has 0 aliphatic heterocycles. The molecule has 0 aromatic heterocycles. The Morgan fingerprint density at radius 3 is 2.52 bits per heavy atom. The monoisotopic (exact) mass is 319 g/mol. The molecule has 0 radical (unpaired) electrons. The molecule has 1 aromatic carbocycles. The molecular formula is C14H22FNO4S. The number of rotatable bonds is 7. The van der Waals surface area contributed by atoms with Crippen molar-refractivity contribution in [1.82, 2.24) is 4.31 Å². The van der Waals surface area contributed by atoms with Gasteiger partial charge in [0.2, 0.25) is 10.0 Å². The quantitative estimate of drug-likeness (QED) is 0.830. The molecule has 0 amide bonds. The van der Waals surface area contributed by atoms with E-state index in [1.54, 1.807) is 13.8 Å². The SMILES string of the molecule is CCN(C(C)COC)S(=O)(=O)c1cc(CO)cc(F)c1C. The molecule has 0 aliphatic carbocycles. The highest BCUT2D eigenvalue weighted by Gasteiger charge is 2.30. The Morgan fingerprint density at radius 1 is 1.43 bits per heavy atom. The lowest BCUT2D eigenvalue weighted by molar-refractivity contribution is 0.142. The Balaban J connectivity index is 3.38. The fraction of sp³-hybridized carbons (Fsp3) is 0.571. The summed E-state index contributed by atoms with van der Waals surface area (Å²) in [5, 5.41) is 9.14. The number of likely N-dealkylation sites (N-methyl/N-ethyl adjacent to an activating group) is 1. The molecule has 5 nitrogen and oxygen atoms in total. The van der Waals surface area contributed by atoms with E-state index >= 15 is 0 Å². The summed E-state index contributed by atoms with van der Waals surface area (Å²) >= 11 is 0. The second-order valence-electron chi connectivity index (χ2n) is 4.87. The summed E-state index contributed by atoms with van der Waals surface area (Å²) in [5.74, 6) is -0.643. The van der Waals surface area contributed by atoms with Crippen LogP contribution >= 0.6 is 0 Å². The van der Waals surface area contributed by atoms with E-state index in [-0.39, 0.29) is 35.2 Å². The zero-order chi connectivity index (χ0) is 16.2. The largest absolute Gasteiger partial charge is 0.392 e. The lowest BCUT2D eigenvalue weighted by atomic mass is 10.1. The average molecular weight is 319 g/mol. The Labute approximate surface area is 125 Å². The first-order chi connectivity index (χ1) is 9.79. The standard InChI is InChI=1S/C14H22FNO4S/c1-5-16(10(2)9-20-4)21(18,19)14-7-12(8-17)6-13(15)11(14)3/h6-7,10,17H,5,8-9H2,1-4H3. The van der Waals surface area contributed by atoms with Crippen LogP contribution in [0.5, 0.6) is 0 Å². The van der Waals surface area contributed by atoms with Gasteiger partial charge in [-0.05, 0) is 31.5 Å². The minimum absolute atomic E-state index is 0.0512. The highest BCUT2D eigenvalue weighted by atomic mass is 32.2. The second kappa shape index (κ2) is 7.31. The maximum Gasteiger partial charge on any atom is 0.243 e. The van der Waals surface area contributed by atoms with Gasteiger partial charge >= 0.3 is 0 Å². The molecule has 0 fully saturated rings. The number of methoxy groups -OCH3 is 1. The number of hydrogen-bond acceptors (Lipinski definition) is 4. The summed E-state index contributed by atoms with van der Waals surface area (Å²) in [7, 11) is -2.36. The van der Waals surface area contributed by atoms with Gasteiger partial charge < -0.3 is 9.84 Å². The van der Waals surface area contributed by atoms with E-state index in [1.807, 2.05) is 0 Å². The van der Waals surface area contributed by atoms with Gasteiger partial charge in [-0.2, -0.15) is 4.31 Å². The molecule has 1 N–H and O–H groups in total. The first-order valence-corrected chi connectivity index (χ1v) is 8.14. The molecule has 1 aromatic rings. The molecule has 0 saturated heterocycles. The zero-order valence-corrected chi connectivity index (χ0v) is 13.6. The smallest absolute Gasteiger partial charge is 0.243 e. The number of halogens is 1. The van der Waals surface area contributed by atoms with Crippen LogP contribution in [0.4, 0.5) is 4.39 Å². The predicted molar refractivity (Wildman–Crippen MR) is 78.0 cm³/mol. The van der Waals surface area contributed by atoms with Crippen LogP contribution in [0.2, 0.25) is 0 Å². The summed E-state index contributed by atoms with van der Waals surface area (Å²) < 4.78 is 45.6. The lowest BCUT2D eigenvalue weighted by Gasteiger charge is -2.27. The number of aliphatic hydroxyl groups is 1. The Kier molecular flexibility index (Phi) is 6.27.